The molecule has 0 unspecified atom stereocenters. The van der Waals surface area contributed by atoms with Crippen LogP contribution in [0.15, 0.2) is 47.6 Å². The quantitative estimate of drug-likeness (QED) is 0.806. The first-order valence-corrected chi connectivity index (χ1v) is 10.0. The molecule has 0 saturated heterocycles. The Kier molecular flexibility index (Phi) is 4.91. The second-order valence-corrected chi connectivity index (χ2v) is 8.07. The van der Waals surface area contributed by atoms with Gasteiger partial charge in [-0.3, -0.25) is 0 Å². The number of ether oxygens (including phenoxy) is 2. The molecule has 0 bridgehead atoms. The second kappa shape index (κ2) is 6.99. The molecule has 7 heteroatoms. The van der Waals surface area contributed by atoms with Crippen LogP contribution in [0.4, 0.5) is 0 Å². The van der Waals surface area contributed by atoms with Crippen LogP contribution in [0.1, 0.15) is 29.2 Å². The van der Waals surface area contributed by atoms with Crippen molar-refractivity contribution in [2.75, 3.05) is 20.5 Å². The van der Waals surface area contributed by atoms with Crippen molar-refractivity contribution in [2.24, 2.45) is 5.10 Å². The van der Waals surface area contributed by atoms with Crippen LogP contribution in [0, 0.1) is 6.92 Å². The molecule has 0 aliphatic carbocycles. The monoisotopic (exact) mass is 374 g/mol. The van der Waals surface area contributed by atoms with Crippen molar-refractivity contribution in [3.8, 4) is 11.5 Å². The molecule has 1 atom stereocenters. The second-order valence-electron chi connectivity index (χ2n) is 6.22. The van der Waals surface area contributed by atoms with Crippen molar-refractivity contribution < 1.29 is 17.9 Å². The summed E-state index contributed by atoms with van der Waals surface area (Å²) in [5.74, 6) is 1.27. The van der Waals surface area contributed by atoms with Gasteiger partial charge in [0.1, 0.15) is 11.5 Å². The standard InChI is InChI=1S/C19H22N2O4S/c1-13-7-5-6-8-15(13)18-12-17(20-21(18)26(4,22)23)16-10-9-14(24-2)11-19(16)25-3/h5-11,18H,12H2,1-4H3/t18-/m1/s1. The van der Waals surface area contributed by atoms with E-state index in [9.17, 15) is 8.42 Å². The lowest BCUT2D eigenvalue weighted by molar-refractivity contribution is 0.374. The predicted octanol–water partition coefficient (Wildman–Crippen LogP) is 3.12. The zero-order valence-electron chi connectivity index (χ0n) is 15.3. The van der Waals surface area contributed by atoms with Gasteiger partial charge in [-0.1, -0.05) is 24.3 Å². The lowest BCUT2D eigenvalue weighted by atomic mass is 9.95. The van der Waals surface area contributed by atoms with Gasteiger partial charge in [0.25, 0.3) is 0 Å². The lowest BCUT2D eigenvalue weighted by Gasteiger charge is -2.22. The minimum atomic E-state index is -3.51. The third-order valence-electron chi connectivity index (χ3n) is 4.48. The number of rotatable bonds is 5. The highest BCUT2D eigenvalue weighted by Gasteiger charge is 2.35. The topological polar surface area (TPSA) is 68.2 Å². The smallest absolute Gasteiger partial charge is 0.247 e. The summed E-state index contributed by atoms with van der Waals surface area (Å²) in [6.45, 7) is 1.97. The summed E-state index contributed by atoms with van der Waals surface area (Å²) in [6.07, 6.45) is 1.65. The number of hydrazone groups is 1. The lowest BCUT2D eigenvalue weighted by Crippen LogP contribution is -2.26. The molecule has 0 radical (unpaired) electrons. The van der Waals surface area contributed by atoms with Crippen LogP contribution >= 0.6 is 0 Å². The number of hydrogen-bond donors (Lipinski definition) is 0. The molecule has 0 saturated carbocycles. The molecule has 2 aromatic rings. The fourth-order valence-electron chi connectivity index (χ4n) is 3.19. The van der Waals surface area contributed by atoms with Crippen molar-refractivity contribution in [3.63, 3.8) is 0 Å². The summed E-state index contributed by atoms with van der Waals surface area (Å²) < 4.78 is 36.5. The summed E-state index contributed by atoms with van der Waals surface area (Å²) in [4.78, 5) is 0. The Hall–Kier alpha value is -2.54. The normalized spacial score (nSPS) is 17.2. The van der Waals surface area contributed by atoms with Crippen LogP contribution in [-0.4, -0.2) is 39.0 Å². The minimum Gasteiger partial charge on any atom is -0.497 e. The van der Waals surface area contributed by atoms with E-state index in [-0.39, 0.29) is 6.04 Å². The van der Waals surface area contributed by atoms with Gasteiger partial charge in [0, 0.05) is 18.1 Å². The predicted molar refractivity (Wildman–Crippen MR) is 101 cm³/mol. The van der Waals surface area contributed by atoms with E-state index in [0.29, 0.717) is 23.6 Å². The van der Waals surface area contributed by atoms with Crippen LogP contribution < -0.4 is 9.47 Å². The Labute approximate surface area is 154 Å². The third kappa shape index (κ3) is 3.39. The maximum absolute atomic E-state index is 12.3. The Morgan fingerprint density at radius 2 is 1.85 bits per heavy atom. The van der Waals surface area contributed by atoms with Crippen molar-refractivity contribution >= 4 is 15.7 Å². The fraction of sp³-hybridized carbons (Fsp3) is 0.316. The molecule has 0 amide bonds. The molecule has 6 nitrogen and oxygen atoms in total. The van der Waals surface area contributed by atoms with Gasteiger partial charge >= 0.3 is 0 Å². The maximum atomic E-state index is 12.3. The highest BCUT2D eigenvalue weighted by Crippen LogP contribution is 2.38. The Morgan fingerprint density at radius 1 is 1.12 bits per heavy atom. The zero-order valence-corrected chi connectivity index (χ0v) is 16.1. The number of hydrogen-bond acceptors (Lipinski definition) is 5. The van der Waals surface area contributed by atoms with Crippen LogP contribution in [0.25, 0.3) is 0 Å². The van der Waals surface area contributed by atoms with Crippen LogP contribution in [0.2, 0.25) is 0 Å². The molecule has 0 aromatic heterocycles. The van der Waals surface area contributed by atoms with Gasteiger partial charge in [-0.05, 0) is 30.2 Å². The van der Waals surface area contributed by atoms with E-state index in [1.54, 1.807) is 20.3 Å². The van der Waals surface area contributed by atoms with Gasteiger partial charge in [0.15, 0.2) is 0 Å². The summed E-state index contributed by atoms with van der Waals surface area (Å²) in [5.41, 5.74) is 3.41. The Bertz CT molecular complexity index is 954. The Morgan fingerprint density at radius 3 is 2.46 bits per heavy atom. The fourth-order valence-corrected chi connectivity index (χ4v) is 4.08. The molecule has 1 aliphatic heterocycles. The van der Waals surface area contributed by atoms with Gasteiger partial charge in [0.05, 0.1) is 32.2 Å². The van der Waals surface area contributed by atoms with E-state index in [4.69, 9.17) is 9.47 Å². The molecule has 26 heavy (non-hydrogen) atoms. The number of sulfonamides is 1. The minimum absolute atomic E-state index is 0.368. The molecular weight excluding hydrogens is 352 g/mol. The average molecular weight is 374 g/mol. The van der Waals surface area contributed by atoms with Gasteiger partial charge < -0.3 is 9.47 Å². The van der Waals surface area contributed by atoms with E-state index in [2.05, 4.69) is 5.10 Å². The summed E-state index contributed by atoms with van der Waals surface area (Å²) in [7, 11) is -0.355. The SMILES string of the molecule is COc1ccc(C2=NN(S(C)(=O)=O)[C@@H](c3ccccc3C)C2)c(OC)c1. The van der Waals surface area contributed by atoms with E-state index < -0.39 is 10.0 Å². The van der Waals surface area contributed by atoms with Crippen molar-refractivity contribution in [3.05, 3.63) is 59.2 Å². The highest BCUT2D eigenvalue weighted by atomic mass is 32.2. The van der Waals surface area contributed by atoms with Gasteiger partial charge in [-0.25, -0.2) is 8.42 Å². The first kappa shape index (κ1) is 18.3. The van der Waals surface area contributed by atoms with E-state index in [1.165, 1.54) is 10.7 Å². The van der Waals surface area contributed by atoms with E-state index >= 15 is 0 Å². The van der Waals surface area contributed by atoms with E-state index in [1.807, 2.05) is 43.3 Å². The molecule has 0 fully saturated rings. The number of nitrogens with zero attached hydrogens (tertiary/aromatic N) is 2. The van der Waals surface area contributed by atoms with Crippen molar-refractivity contribution in [1.82, 2.24) is 4.41 Å². The van der Waals surface area contributed by atoms with Gasteiger partial charge in [-0.15, -0.1) is 0 Å². The summed E-state index contributed by atoms with van der Waals surface area (Å²) in [6, 6.07) is 12.8. The highest BCUT2D eigenvalue weighted by molar-refractivity contribution is 7.88. The molecule has 0 spiro atoms. The first-order valence-electron chi connectivity index (χ1n) is 8.20. The van der Waals surface area contributed by atoms with Gasteiger partial charge in [-0.2, -0.15) is 9.52 Å². The van der Waals surface area contributed by atoms with Crippen molar-refractivity contribution in [1.29, 1.82) is 0 Å². The third-order valence-corrected chi connectivity index (χ3v) is 5.50. The van der Waals surface area contributed by atoms with Crippen LogP contribution in [-0.2, 0) is 10.0 Å². The maximum Gasteiger partial charge on any atom is 0.247 e. The van der Waals surface area contributed by atoms with Gasteiger partial charge in [0.2, 0.25) is 10.0 Å². The largest absolute Gasteiger partial charge is 0.497 e. The number of aryl methyl sites for hydroxylation is 1. The molecule has 138 valence electrons. The number of methoxy groups -OCH3 is 2. The average Bonchev–Trinajstić information content (AvgIpc) is 3.06. The molecule has 0 N–H and O–H groups in total. The molecule has 1 heterocycles. The molecule has 2 aromatic carbocycles. The molecule has 1 aliphatic rings. The number of benzene rings is 2. The Balaban J connectivity index is 2.07. The zero-order chi connectivity index (χ0) is 18.9. The first-order chi connectivity index (χ1) is 12.3. The van der Waals surface area contributed by atoms with Crippen LogP contribution in [0.5, 0.6) is 11.5 Å². The van der Waals surface area contributed by atoms with E-state index in [0.717, 1.165) is 16.7 Å². The molecule has 3 rings (SSSR count). The molecular formula is C19H22N2O4S. The van der Waals surface area contributed by atoms with Crippen LogP contribution in [0.3, 0.4) is 0 Å². The van der Waals surface area contributed by atoms with Crippen molar-refractivity contribution in [2.45, 2.75) is 19.4 Å². The summed E-state index contributed by atoms with van der Waals surface area (Å²) in [5, 5.41) is 4.43. The summed E-state index contributed by atoms with van der Waals surface area (Å²) >= 11 is 0.